The Labute approximate surface area is 245 Å². The van der Waals surface area contributed by atoms with Crippen LogP contribution in [0.3, 0.4) is 0 Å². The lowest BCUT2D eigenvalue weighted by molar-refractivity contribution is -0.0191. The maximum atomic E-state index is 14.9. The number of fused-ring (bicyclic) bond motifs is 1. The lowest BCUT2D eigenvalue weighted by Gasteiger charge is -2.43. The number of nitrogens with one attached hydrogen (secondary N) is 1. The van der Waals surface area contributed by atoms with Crippen molar-refractivity contribution in [3.05, 3.63) is 99.8 Å². The Kier molecular flexibility index (Phi) is 8.39. The molecule has 5 rings (SSSR count). The molecule has 4 aromatic rings. The summed E-state index contributed by atoms with van der Waals surface area (Å²) in [6.45, 7) is 2.51. The van der Waals surface area contributed by atoms with Gasteiger partial charge in [-0.1, -0.05) is 42.8 Å². The first-order valence-corrected chi connectivity index (χ1v) is 15.9. The average molecular weight is 597 g/mol. The van der Waals surface area contributed by atoms with Gasteiger partial charge in [-0.2, -0.15) is 0 Å². The van der Waals surface area contributed by atoms with E-state index >= 15 is 0 Å². The van der Waals surface area contributed by atoms with Gasteiger partial charge in [0, 0.05) is 34.2 Å². The summed E-state index contributed by atoms with van der Waals surface area (Å²) < 4.78 is 45.2. The molecule has 0 aliphatic carbocycles. The molecular weight excluding hydrogens is 563 g/mol. The number of benzene rings is 3. The number of aromatic nitrogens is 1. The van der Waals surface area contributed by atoms with E-state index in [0.29, 0.717) is 58.7 Å². The van der Waals surface area contributed by atoms with E-state index in [0.717, 1.165) is 23.8 Å². The van der Waals surface area contributed by atoms with Crippen LogP contribution < -0.4 is 10.1 Å². The normalized spacial score (nSPS) is 20.2. The monoisotopic (exact) mass is 596 g/mol. The third kappa shape index (κ3) is 6.26. The molecule has 1 aromatic heterocycles. The molecule has 3 atom stereocenters. The molecule has 9 heteroatoms. The molecule has 1 aliphatic rings. The Bertz CT molecular complexity index is 1700. The van der Waals surface area contributed by atoms with Crippen LogP contribution in [0.25, 0.3) is 10.9 Å². The Hall–Kier alpha value is -3.04. The van der Waals surface area contributed by atoms with Gasteiger partial charge < -0.3 is 15.2 Å². The highest BCUT2D eigenvalue weighted by Gasteiger charge is 2.44. The second-order valence-corrected chi connectivity index (χ2v) is 13.3. The van der Waals surface area contributed by atoms with Crippen molar-refractivity contribution in [3.8, 4) is 5.88 Å². The number of hydrogen-bond donors (Lipinski definition) is 2. The van der Waals surface area contributed by atoms with E-state index < -0.39 is 21.4 Å². The highest BCUT2D eigenvalue weighted by molar-refractivity contribution is 7.90. The maximum Gasteiger partial charge on any atom is 0.217 e. The summed E-state index contributed by atoms with van der Waals surface area (Å²) in [5, 5.41) is 17.0. The van der Waals surface area contributed by atoms with Gasteiger partial charge in [-0.25, -0.2) is 17.8 Å². The van der Waals surface area contributed by atoms with Crippen molar-refractivity contribution < 1.29 is 22.7 Å². The summed E-state index contributed by atoms with van der Waals surface area (Å²) in [5.41, 5.74) is 2.24. The molecule has 0 amide bonds. The van der Waals surface area contributed by atoms with Gasteiger partial charge >= 0.3 is 0 Å². The number of sulfone groups is 1. The van der Waals surface area contributed by atoms with Crippen molar-refractivity contribution in [1.82, 2.24) is 10.3 Å². The standard InChI is InChI=1S/C32H34ClFN2O4S/c1-4-20-8-9-21(28(34)14-20)16-25-19-32(37,12-13-35-25)30(22-6-5-7-24(33)15-22)27-18-23-17-26(41(3,38)39)10-11-29(23)36-31(27)40-2/h5-11,14-15,17-18,25,30,35,37H,4,12-13,16,19H2,1-3H3. The fourth-order valence-electron chi connectivity index (χ4n) is 5.96. The number of aliphatic hydroxyl groups is 1. The SMILES string of the molecule is CCc1ccc(CC2CC(O)(C(c3cccc(Cl)c3)c3cc4cc(S(C)(=O)=O)ccc4nc3OC)CCN2)c(F)c1. The van der Waals surface area contributed by atoms with Crippen LogP contribution in [0.2, 0.25) is 5.02 Å². The van der Waals surface area contributed by atoms with Crippen molar-refractivity contribution in [2.75, 3.05) is 19.9 Å². The zero-order chi connectivity index (χ0) is 29.4. The molecule has 6 nitrogen and oxygen atoms in total. The zero-order valence-electron chi connectivity index (χ0n) is 23.3. The van der Waals surface area contributed by atoms with Crippen molar-refractivity contribution >= 4 is 32.3 Å². The highest BCUT2D eigenvalue weighted by Crippen LogP contribution is 2.46. The topological polar surface area (TPSA) is 88.5 Å². The third-order valence-electron chi connectivity index (χ3n) is 8.01. The van der Waals surface area contributed by atoms with Gasteiger partial charge in [-0.15, -0.1) is 0 Å². The first-order chi connectivity index (χ1) is 19.5. The van der Waals surface area contributed by atoms with Crippen LogP contribution in [0.4, 0.5) is 4.39 Å². The summed E-state index contributed by atoms with van der Waals surface area (Å²) in [7, 11) is -1.92. The van der Waals surface area contributed by atoms with E-state index in [4.69, 9.17) is 21.3 Å². The van der Waals surface area contributed by atoms with E-state index in [1.807, 2.05) is 43.3 Å². The number of nitrogens with zero attached hydrogens (tertiary/aromatic N) is 1. The Morgan fingerprint density at radius 3 is 2.66 bits per heavy atom. The molecule has 0 saturated carbocycles. The van der Waals surface area contributed by atoms with Gasteiger partial charge in [0.15, 0.2) is 9.84 Å². The molecule has 1 saturated heterocycles. The van der Waals surface area contributed by atoms with Gasteiger partial charge in [-0.05, 0) is 91.4 Å². The Balaban J connectivity index is 1.61. The molecule has 1 fully saturated rings. The molecule has 0 radical (unpaired) electrons. The zero-order valence-corrected chi connectivity index (χ0v) is 24.9. The number of piperidine rings is 1. The summed E-state index contributed by atoms with van der Waals surface area (Å²) >= 11 is 6.43. The summed E-state index contributed by atoms with van der Waals surface area (Å²) in [6, 6.07) is 19.1. The van der Waals surface area contributed by atoms with Gasteiger partial charge in [0.1, 0.15) is 5.82 Å². The van der Waals surface area contributed by atoms with Crippen LogP contribution in [-0.4, -0.2) is 50.1 Å². The van der Waals surface area contributed by atoms with Crippen molar-refractivity contribution in [3.63, 3.8) is 0 Å². The molecule has 3 unspecified atom stereocenters. The number of ether oxygens (including phenoxy) is 1. The molecule has 1 aliphatic heterocycles. The van der Waals surface area contributed by atoms with E-state index in [2.05, 4.69) is 5.32 Å². The van der Waals surface area contributed by atoms with Crippen molar-refractivity contribution in [2.45, 2.75) is 55.1 Å². The second kappa shape index (κ2) is 11.7. The Morgan fingerprint density at radius 1 is 1.17 bits per heavy atom. The van der Waals surface area contributed by atoms with E-state index in [9.17, 15) is 17.9 Å². The minimum atomic E-state index is -3.44. The molecule has 0 spiro atoms. The number of aryl methyl sites for hydroxylation is 1. The average Bonchev–Trinajstić information content (AvgIpc) is 2.93. The first-order valence-electron chi connectivity index (χ1n) is 13.7. The largest absolute Gasteiger partial charge is 0.481 e. The fourth-order valence-corrected chi connectivity index (χ4v) is 6.82. The number of halogens is 2. The summed E-state index contributed by atoms with van der Waals surface area (Å²) in [4.78, 5) is 4.88. The van der Waals surface area contributed by atoms with Gasteiger partial charge in [0.25, 0.3) is 0 Å². The van der Waals surface area contributed by atoms with Crippen LogP contribution in [-0.2, 0) is 22.7 Å². The fraction of sp³-hybridized carbons (Fsp3) is 0.344. The highest BCUT2D eigenvalue weighted by atomic mass is 35.5. The number of methoxy groups -OCH3 is 1. The second-order valence-electron chi connectivity index (χ2n) is 10.9. The van der Waals surface area contributed by atoms with Crippen LogP contribution in [0.5, 0.6) is 5.88 Å². The summed E-state index contributed by atoms with van der Waals surface area (Å²) in [6.07, 6.45) is 3.10. The first kappa shape index (κ1) is 29.5. The van der Waals surface area contributed by atoms with Crippen molar-refractivity contribution in [2.24, 2.45) is 0 Å². The van der Waals surface area contributed by atoms with E-state index in [-0.39, 0.29) is 16.8 Å². The van der Waals surface area contributed by atoms with Crippen LogP contribution in [0, 0.1) is 5.82 Å². The predicted molar refractivity (Wildman–Crippen MR) is 160 cm³/mol. The number of pyridine rings is 1. The molecular formula is C32H34ClFN2O4S. The molecule has 216 valence electrons. The predicted octanol–water partition coefficient (Wildman–Crippen LogP) is 5.86. The van der Waals surface area contributed by atoms with E-state index in [1.54, 1.807) is 24.3 Å². The van der Waals surface area contributed by atoms with Gasteiger partial charge in [0.05, 0.1) is 23.1 Å². The van der Waals surface area contributed by atoms with Gasteiger partial charge in [0.2, 0.25) is 5.88 Å². The quantitative estimate of drug-likeness (QED) is 0.265. The number of hydrogen-bond acceptors (Lipinski definition) is 6. The lowest BCUT2D eigenvalue weighted by Crippen LogP contribution is -2.52. The molecule has 2 N–H and O–H groups in total. The molecule has 41 heavy (non-hydrogen) atoms. The Morgan fingerprint density at radius 2 is 1.98 bits per heavy atom. The molecule has 2 heterocycles. The van der Waals surface area contributed by atoms with Crippen LogP contribution in [0.1, 0.15) is 47.9 Å². The minimum Gasteiger partial charge on any atom is -0.481 e. The number of rotatable bonds is 8. The minimum absolute atomic E-state index is 0.180. The smallest absolute Gasteiger partial charge is 0.217 e. The van der Waals surface area contributed by atoms with Crippen molar-refractivity contribution in [1.29, 1.82) is 0 Å². The van der Waals surface area contributed by atoms with Gasteiger partial charge in [-0.3, -0.25) is 0 Å². The maximum absolute atomic E-state index is 14.9. The van der Waals surface area contributed by atoms with Crippen LogP contribution >= 0.6 is 11.6 Å². The van der Waals surface area contributed by atoms with E-state index in [1.165, 1.54) is 13.2 Å². The third-order valence-corrected chi connectivity index (χ3v) is 9.36. The van der Waals surface area contributed by atoms with Crippen LogP contribution in [0.15, 0.2) is 71.6 Å². The summed E-state index contributed by atoms with van der Waals surface area (Å²) in [5.74, 6) is -0.514. The molecule has 3 aromatic carbocycles. The molecule has 0 bridgehead atoms. The lowest BCUT2D eigenvalue weighted by atomic mass is 9.70.